The molecule has 0 aromatic rings. The van der Waals surface area contributed by atoms with E-state index in [9.17, 15) is 4.79 Å². The average Bonchev–Trinajstić information content (AvgIpc) is 2.14. The van der Waals surface area contributed by atoms with E-state index in [0.717, 1.165) is 19.5 Å². The van der Waals surface area contributed by atoms with E-state index >= 15 is 0 Å². The molecule has 1 atom stereocenters. The van der Waals surface area contributed by atoms with Crippen molar-refractivity contribution in [3.8, 4) is 0 Å². The summed E-state index contributed by atoms with van der Waals surface area (Å²) in [6.45, 7) is 1.87. The lowest BCUT2D eigenvalue weighted by molar-refractivity contribution is -0.126. The van der Waals surface area contributed by atoms with Crippen LogP contribution < -0.4 is 5.32 Å². The van der Waals surface area contributed by atoms with Gasteiger partial charge in [0.2, 0.25) is 5.91 Å². The molecule has 1 aliphatic rings. The zero-order valence-corrected chi connectivity index (χ0v) is 6.55. The van der Waals surface area contributed by atoms with Gasteiger partial charge < -0.3 is 10.2 Å². The summed E-state index contributed by atoms with van der Waals surface area (Å²) in [6, 6.07) is 0. The molecule has 0 aliphatic carbocycles. The van der Waals surface area contributed by atoms with Crippen molar-refractivity contribution in [1.82, 2.24) is 10.2 Å². The van der Waals surface area contributed by atoms with E-state index in [2.05, 4.69) is 5.32 Å². The Labute approximate surface area is 61.4 Å². The summed E-state index contributed by atoms with van der Waals surface area (Å²) < 4.78 is 0. The standard InChI is InChI=1S/C7H14N2O/c1-8-4-6-3-7(10)9(2)5-6/h6,8H,3-5H2,1-2H3. The second-order valence-electron chi connectivity index (χ2n) is 2.90. The molecule has 1 fully saturated rings. The van der Waals surface area contributed by atoms with Gasteiger partial charge in [0.15, 0.2) is 0 Å². The molecule has 0 spiro atoms. The van der Waals surface area contributed by atoms with Gasteiger partial charge in [0.05, 0.1) is 0 Å². The van der Waals surface area contributed by atoms with Gasteiger partial charge in [-0.2, -0.15) is 0 Å². The van der Waals surface area contributed by atoms with Gasteiger partial charge in [-0.05, 0) is 19.5 Å². The Morgan fingerprint density at radius 1 is 1.80 bits per heavy atom. The van der Waals surface area contributed by atoms with Crippen molar-refractivity contribution in [3.05, 3.63) is 0 Å². The smallest absolute Gasteiger partial charge is 0.222 e. The Balaban J connectivity index is 2.34. The van der Waals surface area contributed by atoms with Crippen LogP contribution in [0.15, 0.2) is 0 Å². The Kier molecular flexibility index (Phi) is 2.27. The van der Waals surface area contributed by atoms with Gasteiger partial charge in [0, 0.05) is 20.0 Å². The first kappa shape index (κ1) is 7.54. The van der Waals surface area contributed by atoms with Crippen molar-refractivity contribution in [2.24, 2.45) is 5.92 Å². The predicted octanol–water partition coefficient (Wildman–Crippen LogP) is -0.316. The van der Waals surface area contributed by atoms with Gasteiger partial charge in [-0.25, -0.2) is 0 Å². The topological polar surface area (TPSA) is 32.3 Å². The fourth-order valence-electron chi connectivity index (χ4n) is 1.38. The van der Waals surface area contributed by atoms with Crippen molar-refractivity contribution < 1.29 is 4.79 Å². The molecule has 0 bridgehead atoms. The highest BCUT2D eigenvalue weighted by atomic mass is 16.2. The molecule has 3 heteroatoms. The summed E-state index contributed by atoms with van der Waals surface area (Å²) in [5.41, 5.74) is 0. The van der Waals surface area contributed by atoms with E-state index in [0.29, 0.717) is 5.92 Å². The number of hydrogen-bond donors (Lipinski definition) is 1. The minimum atomic E-state index is 0.278. The highest BCUT2D eigenvalue weighted by molar-refractivity contribution is 5.78. The van der Waals surface area contributed by atoms with Crippen LogP contribution in [-0.4, -0.2) is 38.0 Å². The third-order valence-corrected chi connectivity index (χ3v) is 1.91. The molecule has 1 unspecified atom stereocenters. The number of carbonyl (C=O) groups excluding carboxylic acids is 1. The van der Waals surface area contributed by atoms with E-state index in [1.54, 1.807) is 4.90 Å². The highest BCUT2D eigenvalue weighted by Gasteiger charge is 2.25. The zero-order valence-electron chi connectivity index (χ0n) is 6.55. The lowest BCUT2D eigenvalue weighted by Crippen LogP contribution is -2.22. The maximum atomic E-state index is 11.0. The van der Waals surface area contributed by atoms with Crippen molar-refractivity contribution >= 4 is 5.91 Å². The Morgan fingerprint density at radius 3 is 2.90 bits per heavy atom. The lowest BCUT2D eigenvalue weighted by atomic mass is 10.1. The molecule has 1 heterocycles. The lowest BCUT2D eigenvalue weighted by Gasteiger charge is -2.08. The molecule has 3 nitrogen and oxygen atoms in total. The Bertz CT molecular complexity index is 136. The third-order valence-electron chi connectivity index (χ3n) is 1.91. The molecular weight excluding hydrogens is 128 g/mol. The van der Waals surface area contributed by atoms with Crippen LogP contribution in [0.2, 0.25) is 0 Å². The number of rotatable bonds is 2. The van der Waals surface area contributed by atoms with Crippen LogP contribution in [0.25, 0.3) is 0 Å². The monoisotopic (exact) mass is 142 g/mol. The average molecular weight is 142 g/mol. The van der Waals surface area contributed by atoms with E-state index in [4.69, 9.17) is 0 Å². The maximum absolute atomic E-state index is 11.0. The van der Waals surface area contributed by atoms with Crippen molar-refractivity contribution in [2.45, 2.75) is 6.42 Å². The summed E-state index contributed by atoms with van der Waals surface area (Å²) in [4.78, 5) is 12.8. The fraction of sp³-hybridized carbons (Fsp3) is 0.857. The molecule has 0 radical (unpaired) electrons. The molecule has 1 N–H and O–H groups in total. The fourth-order valence-corrected chi connectivity index (χ4v) is 1.38. The van der Waals surface area contributed by atoms with Gasteiger partial charge in [-0.1, -0.05) is 0 Å². The molecule has 58 valence electrons. The van der Waals surface area contributed by atoms with E-state index in [1.807, 2.05) is 14.1 Å². The van der Waals surface area contributed by atoms with Crippen molar-refractivity contribution in [3.63, 3.8) is 0 Å². The van der Waals surface area contributed by atoms with Gasteiger partial charge in [-0.3, -0.25) is 4.79 Å². The largest absolute Gasteiger partial charge is 0.345 e. The first-order valence-corrected chi connectivity index (χ1v) is 3.62. The summed E-state index contributed by atoms with van der Waals surface area (Å²) in [5, 5.41) is 3.07. The molecule has 1 aliphatic heterocycles. The number of carbonyl (C=O) groups is 1. The normalized spacial score (nSPS) is 26.0. The summed E-state index contributed by atoms with van der Waals surface area (Å²) in [7, 11) is 3.78. The van der Waals surface area contributed by atoms with E-state index < -0.39 is 0 Å². The second-order valence-corrected chi connectivity index (χ2v) is 2.90. The maximum Gasteiger partial charge on any atom is 0.222 e. The van der Waals surface area contributed by atoms with Crippen LogP contribution in [0.4, 0.5) is 0 Å². The number of nitrogens with one attached hydrogen (secondary N) is 1. The molecule has 1 saturated heterocycles. The van der Waals surface area contributed by atoms with E-state index in [1.165, 1.54) is 0 Å². The van der Waals surface area contributed by atoms with Crippen molar-refractivity contribution in [2.75, 3.05) is 27.2 Å². The van der Waals surface area contributed by atoms with Crippen LogP contribution in [0, 0.1) is 5.92 Å². The first-order chi connectivity index (χ1) is 4.74. The van der Waals surface area contributed by atoms with Gasteiger partial charge in [-0.15, -0.1) is 0 Å². The number of hydrogen-bond acceptors (Lipinski definition) is 2. The predicted molar refractivity (Wildman–Crippen MR) is 39.7 cm³/mol. The highest BCUT2D eigenvalue weighted by Crippen LogP contribution is 2.14. The van der Waals surface area contributed by atoms with Crippen LogP contribution in [0.5, 0.6) is 0 Å². The summed E-state index contributed by atoms with van der Waals surface area (Å²) >= 11 is 0. The summed E-state index contributed by atoms with van der Waals surface area (Å²) in [5.74, 6) is 0.808. The zero-order chi connectivity index (χ0) is 7.56. The minimum absolute atomic E-state index is 0.278. The molecule has 0 aromatic carbocycles. The summed E-state index contributed by atoms with van der Waals surface area (Å²) in [6.07, 6.45) is 0.720. The minimum Gasteiger partial charge on any atom is -0.345 e. The molecular formula is C7H14N2O. The van der Waals surface area contributed by atoms with Gasteiger partial charge in [0.1, 0.15) is 0 Å². The number of nitrogens with zero attached hydrogens (tertiary/aromatic N) is 1. The van der Waals surface area contributed by atoms with Crippen molar-refractivity contribution in [1.29, 1.82) is 0 Å². The molecule has 0 saturated carbocycles. The van der Waals surface area contributed by atoms with Gasteiger partial charge in [0.25, 0.3) is 0 Å². The number of amides is 1. The Morgan fingerprint density at radius 2 is 2.50 bits per heavy atom. The van der Waals surface area contributed by atoms with Crippen LogP contribution in [0.1, 0.15) is 6.42 Å². The molecule has 10 heavy (non-hydrogen) atoms. The quantitative estimate of drug-likeness (QED) is 0.573. The van der Waals surface area contributed by atoms with Crippen LogP contribution >= 0.6 is 0 Å². The number of likely N-dealkylation sites (tertiary alicyclic amines) is 1. The molecule has 1 amide bonds. The Hall–Kier alpha value is -0.570. The molecule has 0 aromatic heterocycles. The van der Waals surface area contributed by atoms with Crippen LogP contribution in [0.3, 0.4) is 0 Å². The van der Waals surface area contributed by atoms with E-state index in [-0.39, 0.29) is 5.91 Å². The third kappa shape index (κ3) is 1.48. The van der Waals surface area contributed by atoms with Crippen LogP contribution in [-0.2, 0) is 4.79 Å². The molecule has 1 rings (SSSR count). The second kappa shape index (κ2) is 3.01. The SMILES string of the molecule is CNCC1CC(=O)N(C)C1. The first-order valence-electron chi connectivity index (χ1n) is 3.62. The van der Waals surface area contributed by atoms with Gasteiger partial charge >= 0.3 is 0 Å².